The van der Waals surface area contributed by atoms with Crippen molar-refractivity contribution >= 4 is 0 Å². The number of ether oxygens (including phenoxy) is 2. The van der Waals surface area contributed by atoms with E-state index in [-0.39, 0.29) is 12.1 Å². The molecule has 0 aromatic heterocycles. The molecule has 1 aliphatic heterocycles. The molecule has 4 heteroatoms. The first kappa shape index (κ1) is 11.2. The summed E-state index contributed by atoms with van der Waals surface area (Å²) in [5, 5.41) is 0. The van der Waals surface area contributed by atoms with Gasteiger partial charge < -0.3 is 20.9 Å². The van der Waals surface area contributed by atoms with Crippen LogP contribution in [0.2, 0.25) is 0 Å². The minimum atomic E-state index is -0.171. The molecule has 4 N–H and O–H groups in total. The fourth-order valence-electron chi connectivity index (χ4n) is 1.85. The number of benzene rings is 1. The van der Waals surface area contributed by atoms with Crippen LogP contribution in [0.1, 0.15) is 24.1 Å². The monoisotopic (exact) mass is 222 g/mol. The summed E-state index contributed by atoms with van der Waals surface area (Å²) in [7, 11) is 0. The molecule has 1 aromatic carbocycles. The van der Waals surface area contributed by atoms with E-state index in [1.54, 1.807) is 0 Å². The first-order valence-electron chi connectivity index (χ1n) is 5.51. The van der Waals surface area contributed by atoms with E-state index < -0.39 is 0 Å². The summed E-state index contributed by atoms with van der Waals surface area (Å²) in [5.74, 6) is 1.56. The molecular weight excluding hydrogens is 204 g/mol. The van der Waals surface area contributed by atoms with Gasteiger partial charge in [-0.25, -0.2) is 0 Å². The lowest BCUT2D eigenvalue weighted by Gasteiger charge is -2.23. The van der Waals surface area contributed by atoms with Crippen LogP contribution < -0.4 is 20.9 Å². The van der Waals surface area contributed by atoms with E-state index in [9.17, 15) is 0 Å². The van der Waals surface area contributed by atoms with Gasteiger partial charge in [-0.2, -0.15) is 0 Å². The lowest BCUT2D eigenvalue weighted by atomic mass is 9.96. The van der Waals surface area contributed by atoms with Gasteiger partial charge in [-0.1, -0.05) is 0 Å². The number of nitrogens with two attached hydrogens (primary N) is 2. The summed E-state index contributed by atoms with van der Waals surface area (Å²) in [6.07, 6.45) is 0. The molecule has 4 nitrogen and oxygen atoms in total. The topological polar surface area (TPSA) is 70.5 Å². The molecule has 1 heterocycles. The zero-order valence-corrected chi connectivity index (χ0v) is 9.69. The largest absolute Gasteiger partial charge is 0.486 e. The van der Waals surface area contributed by atoms with Crippen LogP contribution in [0, 0.1) is 6.92 Å². The van der Waals surface area contributed by atoms with Crippen molar-refractivity contribution in [3.63, 3.8) is 0 Å². The van der Waals surface area contributed by atoms with Crippen LogP contribution in [0.5, 0.6) is 11.5 Å². The Labute approximate surface area is 95.5 Å². The van der Waals surface area contributed by atoms with E-state index in [0.717, 1.165) is 22.6 Å². The standard InChI is InChI=1S/C12H18N2O2/c1-7-5-10-11(16-4-3-15-10)6-9(7)12(14)8(2)13/h5-6,8,12H,3-4,13-14H2,1-2H3. The maximum absolute atomic E-state index is 6.05. The van der Waals surface area contributed by atoms with Gasteiger partial charge in [-0.15, -0.1) is 0 Å². The third kappa shape index (κ3) is 1.99. The highest BCUT2D eigenvalue weighted by atomic mass is 16.6. The Morgan fingerprint density at radius 1 is 1.12 bits per heavy atom. The highest BCUT2D eigenvalue weighted by Crippen LogP contribution is 2.35. The maximum Gasteiger partial charge on any atom is 0.161 e. The number of rotatable bonds is 2. The molecule has 0 saturated carbocycles. The maximum atomic E-state index is 6.05. The Balaban J connectivity index is 2.39. The molecule has 0 radical (unpaired) electrons. The summed E-state index contributed by atoms with van der Waals surface area (Å²) < 4.78 is 11.0. The molecule has 0 amide bonds. The minimum absolute atomic E-state index is 0.0822. The molecule has 0 spiro atoms. The minimum Gasteiger partial charge on any atom is -0.486 e. The second kappa shape index (κ2) is 4.31. The first-order valence-corrected chi connectivity index (χ1v) is 5.51. The zero-order chi connectivity index (χ0) is 11.7. The van der Waals surface area contributed by atoms with Crippen molar-refractivity contribution < 1.29 is 9.47 Å². The normalized spacial score (nSPS) is 18.0. The molecule has 2 atom stereocenters. The van der Waals surface area contributed by atoms with Gasteiger partial charge in [-0.05, 0) is 37.1 Å². The van der Waals surface area contributed by atoms with E-state index in [2.05, 4.69) is 0 Å². The summed E-state index contributed by atoms with van der Waals surface area (Å²) in [6, 6.07) is 3.65. The Morgan fingerprint density at radius 3 is 2.25 bits per heavy atom. The van der Waals surface area contributed by atoms with Gasteiger partial charge in [0.1, 0.15) is 13.2 Å². The number of hydrogen-bond donors (Lipinski definition) is 2. The van der Waals surface area contributed by atoms with E-state index in [1.807, 2.05) is 26.0 Å². The zero-order valence-electron chi connectivity index (χ0n) is 9.69. The van der Waals surface area contributed by atoms with Crippen molar-refractivity contribution in [2.75, 3.05) is 13.2 Å². The fraction of sp³-hybridized carbons (Fsp3) is 0.500. The van der Waals surface area contributed by atoms with Crippen LogP contribution in [-0.2, 0) is 0 Å². The van der Waals surface area contributed by atoms with Gasteiger partial charge >= 0.3 is 0 Å². The van der Waals surface area contributed by atoms with E-state index in [1.165, 1.54) is 0 Å². The number of aryl methyl sites for hydroxylation is 1. The van der Waals surface area contributed by atoms with Crippen molar-refractivity contribution in [3.05, 3.63) is 23.3 Å². The smallest absolute Gasteiger partial charge is 0.161 e. The highest BCUT2D eigenvalue weighted by Gasteiger charge is 2.19. The second-order valence-corrected chi connectivity index (χ2v) is 4.24. The van der Waals surface area contributed by atoms with E-state index in [4.69, 9.17) is 20.9 Å². The number of hydrogen-bond acceptors (Lipinski definition) is 4. The quantitative estimate of drug-likeness (QED) is 0.786. The summed E-state index contributed by atoms with van der Waals surface area (Å²) in [6.45, 7) is 5.10. The lowest BCUT2D eigenvalue weighted by Crippen LogP contribution is -2.31. The van der Waals surface area contributed by atoms with Crippen molar-refractivity contribution in [2.24, 2.45) is 11.5 Å². The van der Waals surface area contributed by atoms with Gasteiger partial charge in [0, 0.05) is 12.1 Å². The van der Waals surface area contributed by atoms with Crippen molar-refractivity contribution in [1.82, 2.24) is 0 Å². The van der Waals surface area contributed by atoms with Crippen LogP contribution in [0.4, 0.5) is 0 Å². The molecule has 2 rings (SSSR count). The average Bonchev–Trinajstić information content (AvgIpc) is 2.27. The molecule has 88 valence electrons. The molecular formula is C12H18N2O2. The molecule has 16 heavy (non-hydrogen) atoms. The SMILES string of the molecule is Cc1cc2c(cc1C(N)C(C)N)OCCO2. The van der Waals surface area contributed by atoms with Crippen molar-refractivity contribution in [3.8, 4) is 11.5 Å². The Hall–Kier alpha value is -1.26. The van der Waals surface area contributed by atoms with Gasteiger partial charge in [-0.3, -0.25) is 0 Å². The number of fused-ring (bicyclic) bond motifs is 1. The third-order valence-corrected chi connectivity index (χ3v) is 2.86. The van der Waals surface area contributed by atoms with Gasteiger partial charge in [0.15, 0.2) is 11.5 Å². The molecule has 1 aliphatic rings. The Bertz CT molecular complexity index is 391. The predicted molar refractivity (Wildman–Crippen MR) is 62.7 cm³/mol. The van der Waals surface area contributed by atoms with Crippen LogP contribution in [0.15, 0.2) is 12.1 Å². The average molecular weight is 222 g/mol. The van der Waals surface area contributed by atoms with Crippen LogP contribution in [0.25, 0.3) is 0 Å². The van der Waals surface area contributed by atoms with Gasteiger partial charge in [0.2, 0.25) is 0 Å². The van der Waals surface area contributed by atoms with Crippen LogP contribution in [-0.4, -0.2) is 19.3 Å². The summed E-state index contributed by atoms with van der Waals surface area (Å²) in [4.78, 5) is 0. The van der Waals surface area contributed by atoms with Crippen LogP contribution in [0.3, 0.4) is 0 Å². The first-order chi connectivity index (χ1) is 7.59. The molecule has 0 bridgehead atoms. The second-order valence-electron chi connectivity index (χ2n) is 4.24. The van der Waals surface area contributed by atoms with Crippen LogP contribution >= 0.6 is 0 Å². The molecule has 1 aromatic rings. The molecule has 0 aliphatic carbocycles. The van der Waals surface area contributed by atoms with Gasteiger partial charge in [0.25, 0.3) is 0 Å². The van der Waals surface area contributed by atoms with Crippen molar-refractivity contribution in [2.45, 2.75) is 25.9 Å². The highest BCUT2D eigenvalue weighted by molar-refractivity contribution is 5.48. The Morgan fingerprint density at radius 2 is 1.69 bits per heavy atom. The molecule has 2 unspecified atom stereocenters. The Kier molecular flexibility index (Phi) is 3.03. The lowest BCUT2D eigenvalue weighted by molar-refractivity contribution is 0.171. The summed E-state index contributed by atoms with van der Waals surface area (Å²) in [5.41, 5.74) is 14.0. The fourth-order valence-corrected chi connectivity index (χ4v) is 1.85. The van der Waals surface area contributed by atoms with Gasteiger partial charge in [0.05, 0.1) is 0 Å². The molecule has 0 fully saturated rings. The van der Waals surface area contributed by atoms with E-state index in [0.29, 0.717) is 13.2 Å². The predicted octanol–water partition coefficient (Wildman–Crippen LogP) is 1.11. The third-order valence-electron chi connectivity index (χ3n) is 2.86. The van der Waals surface area contributed by atoms with Crippen molar-refractivity contribution in [1.29, 1.82) is 0 Å². The summed E-state index contributed by atoms with van der Waals surface area (Å²) >= 11 is 0. The molecule has 0 saturated heterocycles. The van der Waals surface area contributed by atoms with E-state index >= 15 is 0 Å².